The number of benzene rings is 1. The van der Waals surface area contributed by atoms with Crippen LogP contribution >= 0.6 is 0 Å². The van der Waals surface area contributed by atoms with Gasteiger partial charge >= 0.3 is 0 Å². The van der Waals surface area contributed by atoms with Crippen molar-refractivity contribution < 1.29 is 9.84 Å². The minimum atomic E-state index is -0.463. The number of likely N-dealkylation sites (tertiary alicyclic amines) is 1. The summed E-state index contributed by atoms with van der Waals surface area (Å²) >= 11 is 0. The molecule has 0 aliphatic carbocycles. The second-order valence-electron chi connectivity index (χ2n) is 6.06. The average molecular weight is 316 g/mol. The molecule has 1 aromatic heterocycles. The van der Waals surface area contributed by atoms with Crippen LogP contribution in [0.2, 0.25) is 0 Å². The van der Waals surface area contributed by atoms with E-state index in [4.69, 9.17) is 4.74 Å². The van der Waals surface area contributed by atoms with Crippen LogP contribution in [0, 0.1) is 0 Å². The van der Waals surface area contributed by atoms with Gasteiger partial charge in [-0.05, 0) is 24.9 Å². The van der Waals surface area contributed by atoms with Gasteiger partial charge in [-0.2, -0.15) is 5.10 Å². The van der Waals surface area contributed by atoms with Gasteiger partial charge in [0.15, 0.2) is 0 Å². The lowest BCUT2D eigenvalue weighted by Gasteiger charge is -2.26. The highest BCUT2D eigenvalue weighted by Crippen LogP contribution is 2.18. The third-order valence-electron chi connectivity index (χ3n) is 4.23. The van der Waals surface area contributed by atoms with E-state index in [1.807, 2.05) is 35.0 Å². The molecule has 1 N–H and O–H groups in total. The van der Waals surface area contributed by atoms with Gasteiger partial charge in [0.1, 0.15) is 12.7 Å². The molecule has 2 aromatic rings. The zero-order valence-corrected chi connectivity index (χ0v) is 13.3. The van der Waals surface area contributed by atoms with E-state index in [1.54, 1.807) is 12.7 Å². The van der Waals surface area contributed by atoms with Crippen molar-refractivity contribution in [1.82, 2.24) is 19.7 Å². The molecule has 1 aliphatic rings. The third kappa shape index (κ3) is 4.86. The fourth-order valence-corrected chi connectivity index (χ4v) is 3.10. The number of rotatable bonds is 8. The third-order valence-corrected chi connectivity index (χ3v) is 4.23. The molecule has 2 heterocycles. The van der Waals surface area contributed by atoms with Crippen LogP contribution in [0.4, 0.5) is 0 Å². The maximum Gasteiger partial charge on any atom is 0.137 e. The van der Waals surface area contributed by atoms with Gasteiger partial charge in [-0.25, -0.2) is 4.98 Å². The largest absolute Gasteiger partial charge is 0.389 e. The summed E-state index contributed by atoms with van der Waals surface area (Å²) in [6, 6.07) is 10.5. The van der Waals surface area contributed by atoms with Crippen molar-refractivity contribution in [2.45, 2.75) is 38.1 Å². The molecular weight excluding hydrogens is 292 g/mol. The Morgan fingerprint density at radius 2 is 2.17 bits per heavy atom. The first kappa shape index (κ1) is 16.1. The Morgan fingerprint density at radius 1 is 1.30 bits per heavy atom. The van der Waals surface area contributed by atoms with E-state index < -0.39 is 6.10 Å². The predicted octanol–water partition coefficient (Wildman–Crippen LogP) is 1.32. The first-order chi connectivity index (χ1) is 11.3. The molecule has 6 heteroatoms. The molecule has 1 saturated heterocycles. The fraction of sp³-hybridized carbons (Fsp3) is 0.529. The molecule has 124 valence electrons. The van der Waals surface area contributed by atoms with Gasteiger partial charge in [0.25, 0.3) is 0 Å². The van der Waals surface area contributed by atoms with Gasteiger partial charge in [0.05, 0.1) is 25.9 Å². The monoisotopic (exact) mass is 316 g/mol. The van der Waals surface area contributed by atoms with Crippen molar-refractivity contribution in [3.8, 4) is 0 Å². The molecule has 1 aromatic carbocycles. The smallest absolute Gasteiger partial charge is 0.137 e. The number of hydrogen-bond acceptors (Lipinski definition) is 5. The number of β-amino-alcohol motifs (C(OH)–C–C–N with tert-alkyl or cyclic N) is 1. The van der Waals surface area contributed by atoms with Crippen molar-refractivity contribution in [3.63, 3.8) is 0 Å². The quantitative estimate of drug-likeness (QED) is 0.796. The summed E-state index contributed by atoms with van der Waals surface area (Å²) in [6.07, 6.45) is 5.14. The van der Waals surface area contributed by atoms with Crippen molar-refractivity contribution in [2.24, 2.45) is 0 Å². The summed E-state index contributed by atoms with van der Waals surface area (Å²) in [7, 11) is 0. The van der Waals surface area contributed by atoms with Crippen LogP contribution in [-0.4, -0.2) is 56.6 Å². The first-order valence-electron chi connectivity index (χ1n) is 8.17. The van der Waals surface area contributed by atoms with Gasteiger partial charge in [0, 0.05) is 12.6 Å². The minimum absolute atomic E-state index is 0.363. The molecule has 6 nitrogen and oxygen atoms in total. The highest BCUT2D eigenvalue weighted by Gasteiger charge is 2.26. The Balaban J connectivity index is 1.40. The normalized spacial score (nSPS) is 20.0. The maximum absolute atomic E-state index is 10.2. The van der Waals surface area contributed by atoms with Crippen molar-refractivity contribution in [1.29, 1.82) is 0 Å². The Morgan fingerprint density at radius 3 is 2.96 bits per heavy atom. The molecule has 3 rings (SSSR count). The number of aromatic nitrogens is 3. The topological polar surface area (TPSA) is 63.4 Å². The van der Waals surface area contributed by atoms with Gasteiger partial charge in [0.2, 0.25) is 0 Å². The molecule has 1 fully saturated rings. The number of nitrogens with zero attached hydrogens (tertiary/aromatic N) is 4. The molecule has 0 spiro atoms. The van der Waals surface area contributed by atoms with Gasteiger partial charge in [-0.15, -0.1) is 0 Å². The van der Waals surface area contributed by atoms with E-state index in [1.165, 1.54) is 0 Å². The predicted molar refractivity (Wildman–Crippen MR) is 86.7 cm³/mol. The zero-order chi connectivity index (χ0) is 15.9. The standard InChI is InChI=1S/C17H24N4O2/c22-17(12-23-11-15-5-2-1-3-6-15)10-20-8-4-7-16(20)9-21-14-18-13-19-21/h1-3,5-6,13-14,16-17,22H,4,7-12H2. The second kappa shape index (κ2) is 8.19. The Kier molecular flexibility index (Phi) is 5.74. The Bertz CT molecular complexity index is 561. The zero-order valence-electron chi connectivity index (χ0n) is 13.3. The van der Waals surface area contributed by atoms with Gasteiger partial charge in [-0.3, -0.25) is 9.58 Å². The van der Waals surface area contributed by atoms with Crippen LogP contribution in [0.5, 0.6) is 0 Å². The number of aliphatic hydroxyl groups excluding tert-OH is 1. The van der Waals surface area contributed by atoms with Crippen LogP contribution in [0.1, 0.15) is 18.4 Å². The summed E-state index contributed by atoms with van der Waals surface area (Å²) in [5, 5.41) is 14.4. The molecule has 2 atom stereocenters. The van der Waals surface area contributed by atoms with Crippen molar-refractivity contribution >= 4 is 0 Å². The van der Waals surface area contributed by atoms with Crippen LogP contribution in [0.15, 0.2) is 43.0 Å². The molecule has 0 radical (unpaired) electrons. The Labute approximate surface area is 136 Å². The number of ether oxygens (including phenoxy) is 1. The molecule has 0 amide bonds. The van der Waals surface area contributed by atoms with Crippen LogP contribution in [0.3, 0.4) is 0 Å². The second-order valence-corrected chi connectivity index (χ2v) is 6.06. The van der Waals surface area contributed by atoms with Crippen LogP contribution in [-0.2, 0) is 17.9 Å². The fourth-order valence-electron chi connectivity index (χ4n) is 3.10. The van der Waals surface area contributed by atoms with Crippen molar-refractivity contribution in [2.75, 3.05) is 19.7 Å². The van der Waals surface area contributed by atoms with Crippen LogP contribution < -0.4 is 0 Å². The summed E-state index contributed by atoms with van der Waals surface area (Å²) < 4.78 is 7.49. The summed E-state index contributed by atoms with van der Waals surface area (Å²) in [4.78, 5) is 6.32. The molecular formula is C17H24N4O2. The molecule has 2 unspecified atom stereocenters. The molecule has 1 aliphatic heterocycles. The van der Waals surface area contributed by atoms with E-state index in [0.717, 1.165) is 31.5 Å². The lowest BCUT2D eigenvalue weighted by atomic mass is 10.2. The lowest BCUT2D eigenvalue weighted by Crippen LogP contribution is -2.40. The van der Waals surface area contributed by atoms with Gasteiger partial charge in [-0.1, -0.05) is 30.3 Å². The summed E-state index contributed by atoms with van der Waals surface area (Å²) in [5.41, 5.74) is 1.13. The van der Waals surface area contributed by atoms with Gasteiger partial charge < -0.3 is 9.84 Å². The number of aliphatic hydroxyl groups is 1. The van der Waals surface area contributed by atoms with E-state index in [2.05, 4.69) is 15.0 Å². The first-order valence-corrected chi connectivity index (χ1v) is 8.17. The highest BCUT2D eigenvalue weighted by molar-refractivity contribution is 5.13. The highest BCUT2D eigenvalue weighted by atomic mass is 16.5. The number of hydrogen-bond donors (Lipinski definition) is 1. The van der Waals surface area contributed by atoms with E-state index >= 15 is 0 Å². The summed E-state index contributed by atoms with van der Waals surface area (Å²) in [5.74, 6) is 0. The van der Waals surface area contributed by atoms with E-state index in [-0.39, 0.29) is 0 Å². The SMILES string of the molecule is OC(COCc1ccccc1)CN1CCCC1Cn1cncn1. The maximum atomic E-state index is 10.2. The lowest BCUT2D eigenvalue weighted by molar-refractivity contribution is 0.00666. The van der Waals surface area contributed by atoms with Crippen molar-refractivity contribution in [3.05, 3.63) is 48.5 Å². The van der Waals surface area contributed by atoms with Crippen LogP contribution in [0.25, 0.3) is 0 Å². The molecule has 0 bridgehead atoms. The van der Waals surface area contributed by atoms with E-state index in [9.17, 15) is 5.11 Å². The molecule has 23 heavy (non-hydrogen) atoms. The molecule has 0 saturated carbocycles. The average Bonchev–Trinajstić information content (AvgIpc) is 3.22. The minimum Gasteiger partial charge on any atom is -0.389 e. The Hall–Kier alpha value is -1.76. The van der Waals surface area contributed by atoms with E-state index in [0.29, 0.717) is 25.8 Å². The summed E-state index contributed by atoms with van der Waals surface area (Å²) in [6.45, 7) is 3.41.